The molecular formula is C26H24FN5O5S. The molecule has 1 aromatic carbocycles. The number of nitrogen functional groups attached to an aromatic ring is 1. The topological polar surface area (TPSA) is 146 Å². The van der Waals surface area contributed by atoms with Crippen molar-refractivity contribution in [2.24, 2.45) is 0 Å². The first-order chi connectivity index (χ1) is 18.0. The van der Waals surface area contributed by atoms with Crippen LogP contribution in [0, 0.1) is 26.6 Å². The number of anilines is 1. The Labute approximate surface area is 218 Å². The van der Waals surface area contributed by atoms with Crippen LogP contribution in [0.15, 0.2) is 59.8 Å². The van der Waals surface area contributed by atoms with Gasteiger partial charge in [0.2, 0.25) is 11.8 Å². The Hall–Kier alpha value is -4.58. The molecule has 0 radical (unpaired) electrons. The Bertz CT molecular complexity index is 1640. The molecule has 0 spiro atoms. The normalized spacial score (nSPS) is 11.2. The number of rotatable bonds is 7. The minimum Gasteiger partial charge on any atom is -0.479 e. The van der Waals surface area contributed by atoms with Crippen LogP contribution in [0.25, 0.3) is 11.3 Å². The first-order valence-corrected chi connectivity index (χ1v) is 12.7. The van der Waals surface area contributed by atoms with Crippen molar-refractivity contribution in [1.29, 1.82) is 0 Å². The highest BCUT2D eigenvalue weighted by molar-refractivity contribution is 7.90. The zero-order valence-corrected chi connectivity index (χ0v) is 21.8. The molecule has 3 aromatic heterocycles. The van der Waals surface area contributed by atoms with Crippen LogP contribution < -0.4 is 19.9 Å². The number of pyridine rings is 3. The molecule has 0 aliphatic carbocycles. The third kappa shape index (κ3) is 5.54. The number of amides is 1. The summed E-state index contributed by atoms with van der Waals surface area (Å²) in [5.41, 5.74) is 8.48. The van der Waals surface area contributed by atoms with Crippen molar-refractivity contribution in [2.75, 3.05) is 12.8 Å². The highest BCUT2D eigenvalue weighted by Crippen LogP contribution is 2.33. The van der Waals surface area contributed by atoms with Crippen molar-refractivity contribution in [2.45, 2.75) is 25.8 Å². The molecule has 0 aliphatic heterocycles. The van der Waals surface area contributed by atoms with E-state index in [0.29, 0.717) is 5.75 Å². The average Bonchev–Trinajstić information content (AvgIpc) is 2.85. The van der Waals surface area contributed by atoms with Gasteiger partial charge in [0.1, 0.15) is 17.1 Å². The third-order valence-corrected chi connectivity index (χ3v) is 6.68. The van der Waals surface area contributed by atoms with Crippen LogP contribution in [0.2, 0.25) is 0 Å². The second-order valence-corrected chi connectivity index (χ2v) is 10.1. The number of carbonyl (C=O) groups excluding carboxylic acids is 1. The third-order valence-electron chi connectivity index (χ3n) is 5.45. The Balaban J connectivity index is 1.79. The van der Waals surface area contributed by atoms with Gasteiger partial charge in [-0.25, -0.2) is 24.1 Å². The van der Waals surface area contributed by atoms with E-state index in [4.69, 9.17) is 15.2 Å². The summed E-state index contributed by atoms with van der Waals surface area (Å²) in [7, 11) is -3.07. The van der Waals surface area contributed by atoms with Gasteiger partial charge in [-0.2, -0.15) is 8.42 Å². The summed E-state index contributed by atoms with van der Waals surface area (Å²) in [6.45, 7) is 5.59. The maximum absolute atomic E-state index is 14.3. The van der Waals surface area contributed by atoms with Crippen LogP contribution in [-0.4, -0.2) is 36.4 Å². The number of hydrogen-bond acceptors (Lipinski definition) is 9. The SMILES string of the molecule is COc1ncc(-c2ccc(C(=O)NS(=O)(=O)c3cccc(N)n3)c(Oc3c(C)cc(C)cc3C)n2)cc1F. The number of halogens is 1. The van der Waals surface area contributed by atoms with Crippen molar-refractivity contribution >= 4 is 21.7 Å². The van der Waals surface area contributed by atoms with Gasteiger partial charge >= 0.3 is 0 Å². The lowest BCUT2D eigenvalue weighted by Gasteiger charge is -2.16. The molecule has 0 saturated carbocycles. The molecule has 0 unspecified atom stereocenters. The molecule has 38 heavy (non-hydrogen) atoms. The highest BCUT2D eigenvalue weighted by Gasteiger charge is 2.25. The zero-order chi connectivity index (χ0) is 27.6. The Kier molecular flexibility index (Phi) is 7.26. The van der Waals surface area contributed by atoms with Gasteiger partial charge in [0, 0.05) is 11.8 Å². The Morgan fingerprint density at radius 2 is 1.71 bits per heavy atom. The second-order valence-electron chi connectivity index (χ2n) is 8.43. The molecule has 4 aromatic rings. The van der Waals surface area contributed by atoms with E-state index >= 15 is 0 Å². The molecule has 12 heteroatoms. The average molecular weight is 538 g/mol. The van der Waals surface area contributed by atoms with E-state index in [1.54, 1.807) is 0 Å². The number of nitrogens with zero attached hydrogens (tertiary/aromatic N) is 3. The molecule has 1 amide bonds. The first-order valence-electron chi connectivity index (χ1n) is 11.2. The fourth-order valence-electron chi connectivity index (χ4n) is 3.80. The standard InChI is InChI=1S/C26H24FN5O5S/c1-14-10-15(2)23(16(3)11-14)37-25-18(24(33)32-38(34,35)22-7-5-6-21(28)31-22)8-9-20(30-25)17-12-19(27)26(36-4)29-13-17/h5-13H,1-4H3,(H2,28,31)(H,32,33). The van der Waals surface area contributed by atoms with Crippen LogP contribution >= 0.6 is 0 Å². The van der Waals surface area contributed by atoms with Crippen molar-refractivity contribution in [3.05, 3.63) is 82.8 Å². The van der Waals surface area contributed by atoms with Gasteiger partial charge in [-0.1, -0.05) is 23.8 Å². The van der Waals surface area contributed by atoms with Gasteiger partial charge in [0.15, 0.2) is 10.8 Å². The summed E-state index contributed by atoms with van der Waals surface area (Å²) in [5, 5.41) is -0.428. The van der Waals surface area contributed by atoms with E-state index in [1.165, 1.54) is 49.7 Å². The maximum atomic E-state index is 14.3. The van der Waals surface area contributed by atoms with Gasteiger partial charge in [0.05, 0.1) is 12.8 Å². The van der Waals surface area contributed by atoms with Crippen molar-refractivity contribution in [1.82, 2.24) is 19.7 Å². The van der Waals surface area contributed by atoms with Gasteiger partial charge in [-0.3, -0.25) is 4.79 Å². The number of aromatic nitrogens is 3. The molecular weight excluding hydrogens is 513 g/mol. The fraction of sp³-hybridized carbons (Fsp3) is 0.154. The van der Waals surface area contributed by atoms with Crippen molar-refractivity contribution in [3.8, 4) is 28.8 Å². The minimum absolute atomic E-state index is 0.0268. The molecule has 4 rings (SSSR count). The predicted octanol–water partition coefficient (Wildman–Crippen LogP) is 4.10. The number of methoxy groups -OCH3 is 1. The predicted molar refractivity (Wildman–Crippen MR) is 138 cm³/mol. The molecule has 10 nitrogen and oxygen atoms in total. The van der Waals surface area contributed by atoms with Crippen LogP contribution in [0.3, 0.4) is 0 Å². The Morgan fingerprint density at radius 1 is 1.00 bits per heavy atom. The summed E-state index contributed by atoms with van der Waals surface area (Å²) in [6, 6.07) is 11.7. The van der Waals surface area contributed by atoms with E-state index in [1.807, 2.05) is 37.6 Å². The first kappa shape index (κ1) is 26.5. The number of carbonyl (C=O) groups is 1. The number of nitrogens with two attached hydrogens (primary N) is 1. The summed E-state index contributed by atoms with van der Waals surface area (Å²) < 4.78 is 52.8. The van der Waals surface area contributed by atoms with Crippen LogP contribution in [-0.2, 0) is 10.0 Å². The minimum atomic E-state index is -4.36. The molecule has 0 aliphatic rings. The van der Waals surface area contributed by atoms with Crippen LogP contribution in [0.1, 0.15) is 27.0 Å². The number of sulfonamides is 1. The molecule has 196 valence electrons. The van der Waals surface area contributed by atoms with E-state index in [2.05, 4.69) is 15.0 Å². The van der Waals surface area contributed by atoms with Gasteiger partial charge < -0.3 is 15.2 Å². The summed E-state index contributed by atoms with van der Waals surface area (Å²) in [6.07, 6.45) is 1.35. The fourth-order valence-corrected chi connectivity index (χ4v) is 4.74. The summed E-state index contributed by atoms with van der Waals surface area (Å²) in [5.74, 6) is -1.68. The van der Waals surface area contributed by atoms with Gasteiger partial charge in [-0.05, 0) is 62.2 Å². The summed E-state index contributed by atoms with van der Waals surface area (Å²) >= 11 is 0. The van der Waals surface area contributed by atoms with Crippen LogP contribution in [0.4, 0.5) is 10.2 Å². The lowest BCUT2D eigenvalue weighted by atomic mass is 10.1. The van der Waals surface area contributed by atoms with Crippen LogP contribution in [0.5, 0.6) is 17.5 Å². The molecule has 3 heterocycles. The quantitative estimate of drug-likeness (QED) is 0.356. The van der Waals surface area contributed by atoms with E-state index in [9.17, 15) is 17.6 Å². The second kappa shape index (κ2) is 10.4. The lowest BCUT2D eigenvalue weighted by Crippen LogP contribution is -2.31. The number of benzene rings is 1. The number of hydrogen-bond donors (Lipinski definition) is 2. The molecule has 0 bridgehead atoms. The Morgan fingerprint density at radius 3 is 2.34 bits per heavy atom. The monoisotopic (exact) mass is 537 g/mol. The maximum Gasteiger partial charge on any atom is 0.281 e. The summed E-state index contributed by atoms with van der Waals surface area (Å²) in [4.78, 5) is 25.3. The largest absolute Gasteiger partial charge is 0.479 e. The van der Waals surface area contributed by atoms with E-state index in [-0.39, 0.29) is 34.4 Å². The zero-order valence-electron chi connectivity index (χ0n) is 20.9. The van der Waals surface area contributed by atoms with E-state index in [0.717, 1.165) is 16.7 Å². The number of nitrogens with one attached hydrogen (secondary N) is 1. The van der Waals surface area contributed by atoms with Crippen molar-refractivity contribution < 1.29 is 27.1 Å². The van der Waals surface area contributed by atoms with E-state index < -0.39 is 26.8 Å². The number of aryl methyl sites for hydroxylation is 3. The molecule has 0 atom stereocenters. The number of ether oxygens (including phenoxy) is 2. The highest BCUT2D eigenvalue weighted by atomic mass is 32.2. The van der Waals surface area contributed by atoms with Crippen molar-refractivity contribution in [3.63, 3.8) is 0 Å². The van der Waals surface area contributed by atoms with Gasteiger partial charge in [-0.15, -0.1) is 0 Å². The molecule has 3 N–H and O–H groups in total. The molecule has 0 fully saturated rings. The molecule has 0 saturated heterocycles. The smallest absolute Gasteiger partial charge is 0.281 e. The van der Waals surface area contributed by atoms with Gasteiger partial charge in [0.25, 0.3) is 15.9 Å². The lowest BCUT2D eigenvalue weighted by molar-refractivity contribution is 0.0978.